The number of nitrogens with one attached hydrogen (secondary N) is 2. The zero-order valence-electron chi connectivity index (χ0n) is 11.6. The fraction of sp³-hybridized carbons (Fsp3) is 0.267. The lowest BCUT2D eigenvalue weighted by molar-refractivity contribution is -0.115. The van der Waals surface area contributed by atoms with Gasteiger partial charge in [-0.1, -0.05) is 6.92 Å². The predicted molar refractivity (Wildman–Crippen MR) is 79.4 cm³/mol. The summed E-state index contributed by atoms with van der Waals surface area (Å²) < 4.78 is 0. The third-order valence-electron chi connectivity index (χ3n) is 2.90. The van der Waals surface area contributed by atoms with E-state index in [0.717, 1.165) is 17.1 Å². The minimum Gasteiger partial charge on any atom is -0.377 e. The molecule has 5 heteroatoms. The molecule has 0 fully saturated rings. The summed E-state index contributed by atoms with van der Waals surface area (Å²) in [6.07, 6.45) is 5.55. The molecule has 1 amide bonds. The minimum atomic E-state index is 0.0126. The number of benzene rings is 1. The van der Waals surface area contributed by atoms with Crippen molar-refractivity contribution in [2.24, 2.45) is 0 Å². The quantitative estimate of drug-likeness (QED) is 0.876. The Kier molecular flexibility index (Phi) is 4.65. The summed E-state index contributed by atoms with van der Waals surface area (Å²) in [4.78, 5) is 19.6. The minimum absolute atomic E-state index is 0.0126. The molecule has 20 heavy (non-hydrogen) atoms. The first-order valence-corrected chi connectivity index (χ1v) is 6.61. The van der Waals surface area contributed by atoms with Gasteiger partial charge in [0.15, 0.2) is 0 Å². The fourth-order valence-corrected chi connectivity index (χ4v) is 1.76. The van der Waals surface area contributed by atoms with Crippen LogP contribution < -0.4 is 10.6 Å². The van der Waals surface area contributed by atoms with E-state index < -0.39 is 0 Å². The molecular formula is C15H18N4O. The van der Waals surface area contributed by atoms with Crippen LogP contribution in [0.3, 0.4) is 0 Å². The summed E-state index contributed by atoms with van der Waals surface area (Å²) in [6, 6.07) is 7.68. The molecule has 1 unspecified atom stereocenters. The second kappa shape index (κ2) is 6.65. The molecule has 0 aliphatic carbocycles. The molecular weight excluding hydrogens is 252 g/mol. The van der Waals surface area contributed by atoms with Crippen molar-refractivity contribution in [1.82, 2.24) is 9.97 Å². The topological polar surface area (TPSA) is 66.9 Å². The van der Waals surface area contributed by atoms with Crippen LogP contribution >= 0.6 is 0 Å². The maximum atomic E-state index is 11.3. The molecule has 0 saturated heterocycles. The van der Waals surface area contributed by atoms with Gasteiger partial charge in [-0.15, -0.1) is 0 Å². The number of hydrogen-bond donors (Lipinski definition) is 2. The summed E-state index contributed by atoms with van der Waals surface area (Å²) in [5.74, 6) is 0.0126. The number of hydrogen-bond acceptors (Lipinski definition) is 4. The van der Waals surface area contributed by atoms with E-state index in [0.29, 0.717) is 6.42 Å². The lowest BCUT2D eigenvalue weighted by atomic mass is 10.2. The maximum absolute atomic E-state index is 11.3. The Morgan fingerprint density at radius 3 is 2.50 bits per heavy atom. The molecule has 0 saturated carbocycles. The number of rotatable bonds is 5. The number of aromatic nitrogens is 2. The highest BCUT2D eigenvalue weighted by atomic mass is 16.1. The van der Waals surface area contributed by atoms with E-state index in [1.165, 1.54) is 0 Å². The second-order valence-corrected chi connectivity index (χ2v) is 4.48. The van der Waals surface area contributed by atoms with Crippen molar-refractivity contribution in [1.29, 1.82) is 0 Å². The second-order valence-electron chi connectivity index (χ2n) is 4.48. The number of anilines is 2. The Bertz CT molecular complexity index is 554. The van der Waals surface area contributed by atoms with E-state index in [4.69, 9.17) is 0 Å². The van der Waals surface area contributed by atoms with E-state index >= 15 is 0 Å². The molecule has 2 aromatic rings. The molecule has 5 nitrogen and oxygen atoms in total. The first-order valence-electron chi connectivity index (χ1n) is 6.61. The van der Waals surface area contributed by atoms with Crippen molar-refractivity contribution in [2.75, 3.05) is 10.6 Å². The summed E-state index contributed by atoms with van der Waals surface area (Å²) in [5.41, 5.74) is 2.66. The van der Waals surface area contributed by atoms with E-state index in [1.807, 2.05) is 38.1 Å². The molecule has 0 aliphatic rings. The molecule has 0 aliphatic heterocycles. The van der Waals surface area contributed by atoms with Gasteiger partial charge in [0.2, 0.25) is 5.91 Å². The fourth-order valence-electron chi connectivity index (χ4n) is 1.76. The lowest BCUT2D eigenvalue weighted by Crippen LogP contribution is -2.10. The smallest absolute Gasteiger partial charge is 0.224 e. The van der Waals surface area contributed by atoms with Crippen LogP contribution in [0.15, 0.2) is 42.9 Å². The van der Waals surface area contributed by atoms with Crippen molar-refractivity contribution in [3.05, 3.63) is 48.5 Å². The van der Waals surface area contributed by atoms with Gasteiger partial charge in [-0.3, -0.25) is 14.8 Å². The molecule has 2 rings (SSSR count). The summed E-state index contributed by atoms with van der Waals surface area (Å²) in [5, 5.41) is 6.15. The van der Waals surface area contributed by atoms with Gasteiger partial charge in [0, 0.05) is 30.2 Å². The van der Waals surface area contributed by atoms with Crippen molar-refractivity contribution in [2.45, 2.75) is 26.3 Å². The van der Waals surface area contributed by atoms with Crippen LogP contribution in [0.2, 0.25) is 0 Å². The largest absolute Gasteiger partial charge is 0.377 e. The number of amides is 1. The van der Waals surface area contributed by atoms with Gasteiger partial charge in [0.1, 0.15) is 0 Å². The number of carbonyl (C=O) groups excluding carboxylic acids is 1. The summed E-state index contributed by atoms with van der Waals surface area (Å²) in [6.45, 7) is 3.85. The monoisotopic (exact) mass is 270 g/mol. The Morgan fingerprint density at radius 1 is 1.20 bits per heavy atom. The van der Waals surface area contributed by atoms with Crippen LogP contribution in [0.25, 0.3) is 0 Å². The van der Waals surface area contributed by atoms with Crippen LogP contribution in [-0.4, -0.2) is 15.9 Å². The predicted octanol–water partition coefficient (Wildman–Crippen LogP) is 3.00. The Balaban J connectivity index is 1.98. The number of nitrogens with zero attached hydrogens (tertiary/aromatic N) is 2. The van der Waals surface area contributed by atoms with Crippen LogP contribution in [0.4, 0.5) is 11.4 Å². The lowest BCUT2D eigenvalue weighted by Gasteiger charge is -2.14. The molecule has 1 heterocycles. The van der Waals surface area contributed by atoms with Gasteiger partial charge < -0.3 is 10.6 Å². The Labute approximate surface area is 118 Å². The van der Waals surface area contributed by atoms with Gasteiger partial charge in [0.25, 0.3) is 0 Å². The highest BCUT2D eigenvalue weighted by molar-refractivity contribution is 5.90. The molecule has 0 spiro atoms. The van der Waals surface area contributed by atoms with E-state index in [1.54, 1.807) is 18.6 Å². The summed E-state index contributed by atoms with van der Waals surface area (Å²) in [7, 11) is 0. The Morgan fingerprint density at radius 2 is 1.90 bits per heavy atom. The highest BCUT2D eigenvalue weighted by Gasteiger charge is 2.06. The molecule has 0 radical (unpaired) electrons. The zero-order valence-corrected chi connectivity index (χ0v) is 11.6. The van der Waals surface area contributed by atoms with Gasteiger partial charge in [-0.2, -0.15) is 0 Å². The molecule has 1 aromatic heterocycles. The van der Waals surface area contributed by atoms with Crippen molar-refractivity contribution in [3.8, 4) is 0 Å². The van der Waals surface area contributed by atoms with E-state index in [9.17, 15) is 4.79 Å². The van der Waals surface area contributed by atoms with E-state index in [2.05, 4.69) is 20.6 Å². The molecule has 1 aromatic carbocycles. The number of carbonyl (C=O) groups is 1. The standard InChI is InChI=1S/C15H18N4O/c1-3-15(20)19-13-6-4-12(5-7-13)18-11(2)14-10-16-8-9-17-14/h4-11,18H,3H2,1-2H3,(H,19,20). The SMILES string of the molecule is CCC(=O)Nc1ccc(NC(C)c2cnccn2)cc1. The molecule has 1 atom stereocenters. The average molecular weight is 270 g/mol. The van der Waals surface area contributed by atoms with Crippen LogP contribution in [-0.2, 0) is 4.79 Å². The average Bonchev–Trinajstić information content (AvgIpc) is 2.50. The third-order valence-corrected chi connectivity index (χ3v) is 2.90. The van der Waals surface area contributed by atoms with Crippen molar-refractivity contribution < 1.29 is 4.79 Å². The normalized spacial score (nSPS) is 11.7. The highest BCUT2D eigenvalue weighted by Crippen LogP contribution is 2.19. The molecule has 104 valence electrons. The van der Waals surface area contributed by atoms with Crippen LogP contribution in [0.1, 0.15) is 32.0 Å². The van der Waals surface area contributed by atoms with Crippen molar-refractivity contribution >= 4 is 17.3 Å². The molecule has 0 bridgehead atoms. The third kappa shape index (κ3) is 3.78. The van der Waals surface area contributed by atoms with Crippen molar-refractivity contribution in [3.63, 3.8) is 0 Å². The zero-order chi connectivity index (χ0) is 14.4. The summed E-state index contributed by atoms with van der Waals surface area (Å²) >= 11 is 0. The van der Waals surface area contributed by atoms with Gasteiger partial charge in [0.05, 0.1) is 17.9 Å². The van der Waals surface area contributed by atoms with Gasteiger partial charge in [-0.25, -0.2) is 0 Å². The van der Waals surface area contributed by atoms with Crippen LogP contribution in [0, 0.1) is 0 Å². The van der Waals surface area contributed by atoms with Crippen LogP contribution in [0.5, 0.6) is 0 Å². The first-order chi connectivity index (χ1) is 9.69. The first kappa shape index (κ1) is 14.0. The maximum Gasteiger partial charge on any atom is 0.224 e. The Hall–Kier alpha value is -2.43. The molecule has 2 N–H and O–H groups in total. The van der Waals surface area contributed by atoms with E-state index in [-0.39, 0.29) is 11.9 Å². The van der Waals surface area contributed by atoms with Gasteiger partial charge in [-0.05, 0) is 31.2 Å². The van der Waals surface area contributed by atoms with Gasteiger partial charge >= 0.3 is 0 Å².